The summed E-state index contributed by atoms with van der Waals surface area (Å²) >= 11 is 0. The zero-order chi connectivity index (χ0) is 16.7. The van der Waals surface area contributed by atoms with Crippen LogP contribution in [0.25, 0.3) is 11.1 Å². The minimum atomic E-state index is -0.0582. The molecule has 3 saturated heterocycles. The van der Waals surface area contributed by atoms with E-state index in [1.165, 1.54) is 12.8 Å². The Labute approximate surface area is 141 Å². The number of rotatable bonds is 4. The van der Waals surface area contributed by atoms with Crippen molar-refractivity contribution in [3.8, 4) is 0 Å². The van der Waals surface area contributed by atoms with Crippen molar-refractivity contribution in [1.82, 2.24) is 15.2 Å². The lowest BCUT2D eigenvalue weighted by atomic mass is 9.86. The quantitative estimate of drug-likeness (QED) is 0.934. The molecule has 1 N–H and O–H groups in total. The van der Waals surface area contributed by atoms with Gasteiger partial charge in [-0.25, -0.2) is 0 Å². The Morgan fingerprint density at radius 3 is 2.88 bits per heavy atom. The van der Waals surface area contributed by atoms with Crippen LogP contribution in [0.3, 0.4) is 0 Å². The molecule has 2 aromatic rings. The van der Waals surface area contributed by atoms with Crippen LogP contribution in [0, 0.1) is 5.92 Å². The minimum absolute atomic E-state index is 0.0582. The number of hydrogen-bond donors (Lipinski definition) is 1. The molecule has 0 saturated carbocycles. The molecule has 6 nitrogen and oxygen atoms in total. The van der Waals surface area contributed by atoms with Gasteiger partial charge in [0.15, 0.2) is 5.58 Å². The monoisotopic (exact) mass is 328 g/mol. The van der Waals surface area contributed by atoms with Gasteiger partial charge in [0, 0.05) is 26.7 Å². The topological polar surface area (TPSA) is 61.6 Å². The van der Waals surface area contributed by atoms with Gasteiger partial charge in [-0.1, -0.05) is 6.07 Å². The molecule has 0 unspecified atom stereocenters. The van der Waals surface area contributed by atoms with E-state index in [9.17, 15) is 4.79 Å². The molecule has 1 amide bonds. The average Bonchev–Trinajstić information content (AvgIpc) is 3.06. The Hall–Kier alpha value is -2.08. The molecule has 3 fully saturated rings. The number of carbonyl (C=O) groups is 1. The van der Waals surface area contributed by atoms with Gasteiger partial charge in [0.25, 0.3) is 11.9 Å². The first-order chi connectivity index (χ1) is 11.7. The first kappa shape index (κ1) is 15.4. The maximum atomic E-state index is 12.8. The second-order valence-corrected chi connectivity index (χ2v) is 6.87. The van der Waals surface area contributed by atoms with Crippen LogP contribution in [0.4, 0.5) is 6.01 Å². The highest BCUT2D eigenvalue weighted by molar-refractivity contribution is 6.04. The number of aromatic nitrogens is 1. The lowest BCUT2D eigenvalue weighted by Crippen LogP contribution is -2.56. The molecule has 6 heteroatoms. The van der Waals surface area contributed by atoms with Gasteiger partial charge in [0.2, 0.25) is 0 Å². The fourth-order valence-corrected chi connectivity index (χ4v) is 3.76. The zero-order valence-electron chi connectivity index (χ0n) is 14.3. The van der Waals surface area contributed by atoms with E-state index >= 15 is 0 Å². The van der Waals surface area contributed by atoms with Crippen LogP contribution >= 0.6 is 0 Å². The largest absolute Gasteiger partial charge is 0.423 e. The lowest BCUT2D eigenvalue weighted by molar-refractivity contribution is 0.0295. The van der Waals surface area contributed by atoms with Crippen LogP contribution in [0.2, 0.25) is 0 Å². The van der Waals surface area contributed by atoms with Crippen molar-refractivity contribution in [1.29, 1.82) is 0 Å². The summed E-state index contributed by atoms with van der Waals surface area (Å²) in [6.07, 6.45) is 3.74. The van der Waals surface area contributed by atoms with Gasteiger partial charge in [-0.3, -0.25) is 9.69 Å². The van der Waals surface area contributed by atoms with E-state index in [0.29, 0.717) is 22.7 Å². The molecule has 5 rings (SSSR count). The van der Waals surface area contributed by atoms with Gasteiger partial charge in [-0.15, -0.1) is 0 Å². The van der Waals surface area contributed by atoms with E-state index in [4.69, 9.17) is 4.42 Å². The van der Waals surface area contributed by atoms with Gasteiger partial charge in [0.1, 0.15) is 5.52 Å². The van der Waals surface area contributed by atoms with E-state index in [-0.39, 0.29) is 12.1 Å². The molecule has 1 atom stereocenters. The number of anilines is 1. The third-order valence-corrected chi connectivity index (χ3v) is 5.40. The number of para-hydroxylation sites is 1. The van der Waals surface area contributed by atoms with Crippen LogP contribution in [-0.4, -0.2) is 48.6 Å². The molecular weight excluding hydrogens is 304 g/mol. The number of piperidine rings is 3. The Morgan fingerprint density at radius 2 is 2.21 bits per heavy atom. The van der Waals surface area contributed by atoms with E-state index < -0.39 is 0 Å². The number of nitrogens with zero attached hydrogens (tertiary/aromatic N) is 3. The average molecular weight is 328 g/mol. The second-order valence-electron chi connectivity index (χ2n) is 6.87. The summed E-state index contributed by atoms with van der Waals surface area (Å²) in [5.74, 6) is 0.699. The van der Waals surface area contributed by atoms with Crippen molar-refractivity contribution in [3.63, 3.8) is 0 Å². The van der Waals surface area contributed by atoms with E-state index in [1.54, 1.807) is 0 Å². The first-order valence-electron chi connectivity index (χ1n) is 8.81. The maximum Gasteiger partial charge on any atom is 0.298 e. The third kappa shape index (κ3) is 2.65. The minimum Gasteiger partial charge on any atom is -0.423 e. The summed E-state index contributed by atoms with van der Waals surface area (Å²) in [5, 5.41) is 3.20. The molecule has 0 aliphatic carbocycles. The van der Waals surface area contributed by atoms with Crippen LogP contribution < -0.4 is 10.2 Å². The fraction of sp³-hybridized carbons (Fsp3) is 0.556. The van der Waals surface area contributed by atoms with E-state index in [0.717, 1.165) is 32.0 Å². The molecule has 128 valence electrons. The van der Waals surface area contributed by atoms with E-state index in [1.807, 2.05) is 37.1 Å². The second kappa shape index (κ2) is 6.09. The standard InChI is InChI=1S/C18H24N4O2/c1-3-21(2)18-20-16-13(5-4-6-14(16)24-18)17(23)19-15-11-12-7-9-22(15)10-8-12/h4-6,12,15H,3,7-11H2,1-2H3,(H,19,23)/t15-/m0/s1. The summed E-state index contributed by atoms with van der Waals surface area (Å²) in [5.41, 5.74) is 1.89. The van der Waals surface area contributed by atoms with Crippen molar-refractivity contribution < 1.29 is 9.21 Å². The van der Waals surface area contributed by atoms with Gasteiger partial charge >= 0.3 is 0 Å². The molecular formula is C18H24N4O2. The van der Waals surface area contributed by atoms with Gasteiger partial charge in [0.05, 0.1) is 11.7 Å². The Morgan fingerprint density at radius 1 is 1.42 bits per heavy atom. The van der Waals surface area contributed by atoms with E-state index in [2.05, 4.69) is 15.2 Å². The molecule has 0 spiro atoms. The SMILES string of the molecule is CCN(C)c1nc2c(C(=O)N[C@@H]3CC4CCN3CC4)cccc2o1. The number of nitrogens with one attached hydrogen (secondary N) is 1. The predicted molar refractivity (Wildman–Crippen MR) is 93.1 cm³/mol. The highest BCUT2D eigenvalue weighted by atomic mass is 16.4. The molecule has 3 aliphatic heterocycles. The highest BCUT2D eigenvalue weighted by Crippen LogP contribution is 2.31. The Kier molecular flexibility index (Phi) is 3.92. The van der Waals surface area contributed by atoms with Gasteiger partial charge in [-0.2, -0.15) is 4.98 Å². The molecule has 24 heavy (non-hydrogen) atoms. The number of amides is 1. The lowest BCUT2D eigenvalue weighted by Gasteiger charge is -2.45. The maximum absolute atomic E-state index is 12.8. The molecule has 4 heterocycles. The third-order valence-electron chi connectivity index (χ3n) is 5.40. The van der Waals surface area contributed by atoms with Gasteiger partial charge in [-0.05, 0) is 44.2 Å². The van der Waals surface area contributed by atoms with Crippen LogP contribution in [0.1, 0.15) is 36.5 Å². The summed E-state index contributed by atoms with van der Waals surface area (Å²) in [6.45, 7) is 5.02. The molecule has 2 bridgehead atoms. The van der Waals surface area contributed by atoms with Crippen molar-refractivity contribution >= 4 is 23.0 Å². The Balaban J connectivity index is 1.59. The number of hydrogen-bond acceptors (Lipinski definition) is 5. The molecule has 1 aromatic heterocycles. The van der Waals surface area contributed by atoms with Crippen LogP contribution in [0.15, 0.2) is 22.6 Å². The Bertz CT molecular complexity index is 749. The molecule has 0 radical (unpaired) electrons. The molecule has 3 aliphatic rings. The van der Waals surface area contributed by atoms with Crippen molar-refractivity contribution in [3.05, 3.63) is 23.8 Å². The van der Waals surface area contributed by atoms with Crippen molar-refractivity contribution in [2.75, 3.05) is 31.6 Å². The fourth-order valence-electron chi connectivity index (χ4n) is 3.76. The normalized spacial score (nSPS) is 25.8. The smallest absolute Gasteiger partial charge is 0.298 e. The zero-order valence-corrected chi connectivity index (χ0v) is 14.3. The highest BCUT2D eigenvalue weighted by Gasteiger charge is 2.34. The summed E-state index contributed by atoms with van der Waals surface area (Å²) in [6, 6.07) is 6.09. The first-order valence-corrected chi connectivity index (χ1v) is 8.81. The van der Waals surface area contributed by atoms with Crippen molar-refractivity contribution in [2.24, 2.45) is 5.92 Å². The summed E-state index contributed by atoms with van der Waals surface area (Å²) < 4.78 is 5.78. The number of benzene rings is 1. The number of oxazole rings is 1. The summed E-state index contributed by atoms with van der Waals surface area (Å²) in [4.78, 5) is 21.7. The summed E-state index contributed by atoms with van der Waals surface area (Å²) in [7, 11) is 1.93. The molecule has 1 aromatic carbocycles. The number of fused-ring (bicyclic) bond motifs is 4. The van der Waals surface area contributed by atoms with Crippen LogP contribution in [0.5, 0.6) is 0 Å². The predicted octanol–water partition coefficient (Wildman–Crippen LogP) is 2.46. The van der Waals surface area contributed by atoms with Crippen LogP contribution in [-0.2, 0) is 0 Å². The van der Waals surface area contributed by atoms with Crippen molar-refractivity contribution in [2.45, 2.75) is 32.4 Å². The van der Waals surface area contributed by atoms with Gasteiger partial charge < -0.3 is 14.6 Å². The number of carbonyl (C=O) groups excluding carboxylic acids is 1.